The summed E-state index contributed by atoms with van der Waals surface area (Å²) in [5, 5.41) is 4.90. The molecule has 7 nitrogen and oxygen atoms in total. The second-order valence-electron chi connectivity index (χ2n) is 7.89. The van der Waals surface area contributed by atoms with Crippen LogP contribution in [-0.4, -0.2) is 43.3 Å². The van der Waals surface area contributed by atoms with Crippen LogP contribution in [0.4, 0.5) is 0 Å². The van der Waals surface area contributed by atoms with E-state index in [2.05, 4.69) is 10.0 Å². The largest absolute Gasteiger partial charge is 0.349 e. The van der Waals surface area contributed by atoms with Gasteiger partial charge in [0.2, 0.25) is 21.8 Å². The number of hydrogen-bond donors (Lipinski definition) is 2. The average Bonchev–Trinajstić information content (AvgIpc) is 3.25. The first-order chi connectivity index (χ1) is 14.6. The van der Waals surface area contributed by atoms with Crippen molar-refractivity contribution in [1.29, 1.82) is 0 Å². The monoisotopic (exact) mass is 465 g/mol. The van der Waals surface area contributed by atoms with E-state index in [1.54, 1.807) is 18.2 Å². The zero-order chi connectivity index (χ0) is 23.1. The quantitative estimate of drug-likeness (QED) is 0.533. The van der Waals surface area contributed by atoms with E-state index in [1.165, 1.54) is 28.4 Å². The van der Waals surface area contributed by atoms with Crippen LogP contribution in [0.15, 0.2) is 52.7 Å². The maximum absolute atomic E-state index is 13.1. The number of sulfonamides is 1. The average molecular weight is 466 g/mol. The molecule has 9 heteroatoms. The molecule has 0 spiro atoms. The fourth-order valence-electron chi connectivity index (χ4n) is 2.94. The molecule has 0 aliphatic heterocycles. The fourth-order valence-corrected chi connectivity index (χ4v) is 4.63. The molecule has 0 bridgehead atoms. The van der Waals surface area contributed by atoms with Crippen LogP contribution >= 0.6 is 11.3 Å². The number of hydrogen-bond acceptors (Lipinski definition) is 5. The maximum Gasteiger partial charge on any atom is 0.243 e. The Labute approximate surface area is 188 Å². The van der Waals surface area contributed by atoms with E-state index in [4.69, 9.17) is 0 Å². The van der Waals surface area contributed by atoms with Gasteiger partial charge in [-0.05, 0) is 50.3 Å². The summed E-state index contributed by atoms with van der Waals surface area (Å²) in [6.07, 6.45) is 1.15. The van der Waals surface area contributed by atoms with Gasteiger partial charge in [-0.25, -0.2) is 13.1 Å². The van der Waals surface area contributed by atoms with Gasteiger partial charge in [-0.2, -0.15) is 0 Å². The summed E-state index contributed by atoms with van der Waals surface area (Å²) >= 11 is 1.48. The Morgan fingerprint density at radius 2 is 1.77 bits per heavy atom. The number of rotatable bonds is 11. The van der Waals surface area contributed by atoms with Crippen molar-refractivity contribution in [1.82, 2.24) is 14.9 Å². The first kappa shape index (κ1) is 25.0. The summed E-state index contributed by atoms with van der Waals surface area (Å²) in [4.78, 5) is 28.6. The lowest BCUT2D eigenvalue weighted by Gasteiger charge is -2.33. The second-order valence-corrected chi connectivity index (χ2v) is 10.7. The van der Waals surface area contributed by atoms with E-state index in [1.807, 2.05) is 45.2 Å². The van der Waals surface area contributed by atoms with Crippen molar-refractivity contribution in [3.05, 3.63) is 52.7 Å². The molecule has 2 amide bonds. The molecule has 0 saturated carbocycles. The lowest BCUT2D eigenvalue weighted by molar-refractivity contribution is -0.141. The summed E-state index contributed by atoms with van der Waals surface area (Å²) < 4.78 is 27.4. The van der Waals surface area contributed by atoms with Gasteiger partial charge in [0.05, 0.1) is 18.0 Å². The molecule has 0 aliphatic rings. The third kappa shape index (κ3) is 7.15. The topological polar surface area (TPSA) is 95.6 Å². The van der Waals surface area contributed by atoms with Crippen molar-refractivity contribution in [3.63, 3.8) is 0 Å². The third-order valence-corrected chi connectivity index (χ3v) is 7.38. The van der Waals surface area contributed by atoms with Gasteiger partial charge in [0, 0.05) is 10.4 Å². The molecule has 0 saturated heterocycles. The molecule has 1 heterocycles. The lowest BCUT2D eigenvalue weighted by atomic mass is 10.0. The molecular formula is C22H31N3O4S2. The summed E-state index contributed by atoms with van der Waals surface area (Å²) in [5.41, 5.74) is -0.406. The number of benzene rings is 1. The molecule has 1 aromatic heterocycles. The SMILES string of the molecule is CCC(C(=O)NC(C)(C)CC)N(Cc1cccs1)C(=O)CNS(=O)(=O)c1ccccc1. The van der Waals surface area contributed by atoms with E-state index >= 15 is 0 Å². The Hall–Kier alpha value is -2.23. The molecule has 2 aromatic rings. The highest BCUT2D eigenvalue weighted by Gasteiger charge is 2.32. The number of amides is 2. The predicted octanol–water partition coefficient (Wildman–Crippen LogP) is 3.14. The zero-order valence-corrected chi connectivity index (χ0v) is 20.1. The van der Waals surface area contributed by atoms with E-state index in [0.717, 1.165) is 11.3 Å². The minimum absolute atomic E-state index is 0.0853. The third-order valence-electron chi connectivity index (χ3n) is 5.10. The van der Waals surface area contributed by atoms with E-state index < -0.39 is 34.1 Å². The van der Waals surface area contributed by atoms with Gasteiger partial charge in [-0.3, -0.25) is 9.59 Å². The van der Waals surface area contributed by atoms with E-state index in [-0.39, 0.29) is 17.3 Å². The Balaban J connectivity index is 2.21. The molecule has 0 fully saturated rings. The van der Waals surface area contributed by atoms with E-state index in [0.29, 0.717) is 6.42 Å². The van der Waals surface area contributed by atoms with Crippen molar-refractivity contribution >= 4 is 33.2 Å². The summed E-state index contributed by atoms with van der Waals surface area (Å²) in [7, 11) is -3.83. The lowest BCUT2D eigenvalue weighted by Crippen LogP contribution is -2.55. The summed E-state index contributed by atoms with van der Waals surface area (Å²) in [6, 6.07) is 10.9. The maximum atomic E-state index is 13.1. The number of carbonyl (C=O) groups is 2. The van der Waals surface area contributed by atoms with E-state index in [9.17, 15) is 18.0 Å². The van der Waals surface area contributed by atoms with Crippen LogP contribution in [0.1, 0.15) is 45.4 Å². The van der Waals surface area contributed by atoms with Gasteiger partial charge >= 0.3 is 0 Å². The number of nitrogens with one attached hydrogen (secondary N) is 2. The van der Waals surface area contributed by atoms with Crippen molar-refractivity contribution in [2.24, 2.45) is 0 Å². The predicted molar refractivity (Wildman–Crippen MR) is 123 cm³/mol. The summed E-state index contributed by atoms with van der Waals surface area (Å²) in [6.45, 7) is 7.49. The van der Waals surface area contributed by atoms with Gasteiger partial charge in [-0.15, -0.1) is 11.3 Å². The van der Waals surface area contributed by atoms with Gasteiger partial charge in [-0.1, -0.05) is 38.1 Å². The van der Waals surface area contributed by atoms with Crippen molar-refractivity contribution in [2.75, 3.05) is 6.54 Å². The van der Waals surface area contributed by atoms with Gasteiger partial charge in [0.1, 0.15) is 6.04 Å². The highest BCUT2D eigenvalue weighted by molar-refractivity contribution is 7.89. The van der Waals surface area contributed by atoms with Crippen LogP contribution in [0.25, 0.3) is 0 Å². The molecule has 2 rings (SSSR count). The fraction of sp³-hybridized carbons (Fsp3) is 0.455. The molecule has 170 valence electrons. The van der Waals surface area contributed by atoms with Crippen molar-refractivity contribution in [3.8, 4) is 0 Å². The highest BCUT2D eigenvalue weighted by Crippen LogP contribution is 2.18. The Morgan fingerprint density at radius 1 is 1.10 bits per heavy atom. The first-order valence-electron chi connectivity index (χ1n) is 10.3. The molecule has 0 radical (unpaired) electrons. The highest BCUT2D eigenvalue weighted by atomic mass is 32.2. The van der Waals surface area contributed by atoms with Gasteiger partial charge in [0.15, 0.2) is 0 Å². The van der Waals surface area contributed by atoms with Gasteiger partial charge in [0.25, 0.3) is 0 Å². The van der Waals surface area contributed by atoms with Crippen LogP contribution < -0.4 is 10.0 Å². The zero-order valence-electron chi connectivity index (χ0n) is 18.4. The smallest absolute Gasteiger partial charge is 0.243 e. The van der Waals surface area contributed by atoms with Crippen molar-refractivity contribution in [2.45, 2.75) is 63.6 Å². The Morgan fingerprint density at radius 3 is 2.32 bits per heavy atom. The molecular weight excluding hydrogens is 434 g/mol. The van der Waals surface area contributed by atoms with Crippen LogP contribution in [0.3, 0.4) is 0 Å². The van der Waals surface area contributed by atoms with Gasteiger partial charge < -0.3 is 10.2 Å². The summed E-state index contributed by atoms with van der Waals surface area (Å²) in [5.74, 6) is -0.700. The molecule has 1 aromatic carbocycles. The Bertz CT molecular complexity index is 958. The number of thiophene rings is 1. The molecule has 2 N–H and O–H groups in total. The molecule has 31 heavy (non-hydrogen) atoms. The minimum Gasteiger partial charge on any atom is -0.349 e. The van der Waals surface area contributed by atoms with Crippen LogP contribution in [0, 0.1) is 0 Å². The minimum atomic E-state index is -3.83. The normalized spacial score (nSPS) is 12.9. The molecule has 1 unspecified atom stereocenters. The number of carbonyl (C=O) groups excluding carboxylic acids is 2. The van der Waals surface area contributed by atoms with Crippen LogP contribution in [-0.2, 0) is 26.2 Å². The Kier molecular flexibility index (Phi) is 8.79. The van der Waals surface area contributed by atoms with Crippen molar-refractivity contribution < 1.29 is 18.0 Å². The number of nitrogens with zero attached hydrogens (tertiary/aromatic N) is 1. The second kappa shape index (κ2) is 10.9. The van der Waals surface area contributed by atoms with Crippen LogP contribution in [0.5, 0.6) is 0 Å². The molecule has 1 atom stereocenters. The first-order valence-corrected chi connectivity index (χ1v) is 12.6. The standard InChI is InChI=1S/C22H31N3O4S2/c1-5-19(21(27)24-22(3,4)6-2)25(16-17-11-10-14-30-17)20(26)15-23-31(28,29)18-12-8-7-9-13-18/h7-14,19,23H,5-6,15-16H2,1-4H3,(H,24,27). The molecule has 0 aliphatic carbocycles. The van der Waals surface area contributed by atoms with Crippen LogP contribution in [0.2, 0.25) is 0 Å².